The molecule has 0 saturated heterocycles. The van der Waals surface area contributed by atoms with E-state index in [9.17, 15) is 4.39 Å². The standard InChI is InChI=1S/C11H13ClFO/c1-3-14-9-4-5-11(12)10(6-9)8(2)7-13/h4-6,8H,2-3,7H2,1H3. The molecule has 1 nitrogen and oxygen atoms in total. The van der Waals surface area contributed by atoms with Gasteiger partial charge in [-0.1, -0.05) is 11.6 Å². The summed E-state index contributed by atoms with van der Waals surface area (Å²) in [5.41, 5.74) is 0.695. The van der Waals surface area contributed by atoms with Crippen molar-refractivity contribution >= 4 is 11.6 Å². The Morgan fingerprint density at radius 1 is 1.57 bits per heavy atom. The van der Waals surface area contributed by atoms with Crippen LogP contribution in [0.1, 0.15) is 18.4 Å². The lowest BCUT2D eigenvalue weighted by Crippen LogP contribution is -1.99. The van der Waals surface area contributed by atoms with Gasteiger partial charge in [-0.05, 0) is 37.6 Å². The first-order chi connectivity index (χ1) is 6.69. The van der Waals surface area contributed by atoms with Gasteiger partial charge in [0.1, 0.15) is 5.75 Å². The van der Waals surface area contributed by atoms with E-state index in [0.717, 1.165) is 0 Å². The lowest BCUT2D eigenvalue weighted by molar-refractivity contribution is 0.339. The fourth-order valence-electron chi connectivity index (χ4n) is 1.17. The fraction of sp³-hybridized carbons (Fsp3) is 0.364. The maximum atomic E-state index is 12.4. The number of hydrogen-bond acceptors (Lipinski definition) is 1. The van der Waals surface area contributed by atoms with Gasteiger partial charge in [-0.25, -0.2) is 0 Å². The topological polar surface area (TPSA) is 9.23 Å². The molecule has 0 bridgehead atoms. The van der Waals surface area contributed by atoms with Crippen LogP contribution < -0.4 is 4.74 Å². The molecule has 0 spiro atoms. The van der Waals surface area contributed by atoms with Gasteiger partial charge in [0.25, 0.3) is 0 Å². The van der Waals surface area contributed by atoms with E-state index in [1.165, 1.54) is 0 Å². The van der Waals surface area contributed by atoms with E-state index < -0.39 is 12.6 Å². The summed E-state index contributed by atoms with van der Waals surface area (Å²) in [4.78, 5) is 0. The summed E-state index contributed by atoms with van der Waals surface area (Å²) in [5, 5.41) is 0.533. The van der Waals surface area contributed by atoms with Crippen molar-refractivity contribution in [3.05, 3.63) is 35.7 Å². The molecular weight excluding hydrogens is 203 g/mol. The summed E-state index contributed by atoms with van der Waals surface area (Å²) in [7, 11) is 0. The Kier molecular flexibility index (Phi) is 4.21. The summed E-state index contributed by atoms with van der Waals surface area (Å²) in [5.74, 6) is 0.275. The van der Waals surface area contributed by atoms with Gasteiger partial charge in [-0.3, -0.25) is 4.39 Å². The smallest absolute Gasteiger partial charge is 0.119 e. The largest absolute Gasteiger partial charge is 0.494 e. The van der Waals surface area contributed by atoms with E-state index in [-0.39, 0.29) is 0 Å². The van der Waals surface area contributed by atoms with E-state index in [4.69, 9.17) is 16.3 Å². The average molecular weight is 216 g/mol. The number of ether oxygens (including phenoxy) is 1. The first-order valence-electron chi connectivity index (χ1n) is 4.50. The van der Waals surface area contributed by atoms with Crippen molar-refractivity contribution in [2.75, 3.05) is 13.3 Å². The van der Waals surface area contributed by atoms with Crippen molar-refractivity contribution in [2.45, 2.75) is 12.8 Å². The van der Waals surface area contributed by atoms with Crippen LogP contribution in [0.15, 0.2) is 18.2 Å². The molecule has 14 heavy (non-hydrogen) atoms. The van der Waals surface area contributed by atoms with E-state index in [1.807, 2.05) is 6.92 Å². The maximum Gasteiger partial charge on any atom is 0.119 e. The Bertz CT molecular complexity index is 301. The Labute approximate surface area is 88.8 Å². The number of halogens is 2. The van der Waals surface area contributed by atoms with Crippen molar-refractivity contribution in [2.24, 2.45) is 0 Å². The molecule has 1 rings (SSSR count). The highest BCUT2D eigenvalue weighted by molar-refractivity contribution is 6.31. The molecule has 0 N–H and O–H groups in total. The predicted octanol–water partition coefficient (Wildman–Crippen LogP) is 3.63. The van der Waals surface area contributed by atoms with Crippen LogP contribution in [0.2, 0.25) is 5.02 Å². The van der Waals surface area contributed by atoms with Crippen LogP contribution in [-0.4, -0.2) is 13.3 Å². The Morgan fingerprint density at radius 2 is 2.29 bits per heavy atom. The van der Waals surface area contributed by atoms with Crippen LogP contribution >= 0.6 is 11.6 Å². The molecule has 1 atom stereocenters. The predicted molar refractivity (Wildman–Crippen MR) is 56.7 cm³/mol. The summed E-state index contributed by atoms with van der Waals surface area (Å²) in [6.07, 6.45) is 0. The van der Waals surface area contributed by atoms with Gasteiger partial charge < -0.3 is 4.74 Å². The molecule has 1 aromatic carbocycles. The number of rotatable bonds is 4. The lowest BCUT2D eigenvalue weighted by atomic mass is 10.0. The molecule has 0 amide bonds. The minimum absolute atomic E-state index is 0.428. The summed E-state index contributed by atoms with van der Waals surface area (Å²) < 4.78 is 17.7. The van der Waals surface area contributed by atoms with Crippen LogP contribution in [0.5, 0.6) is 5.75 Å². The zero-order valence-electron chi connectivity index (χ0n) is 8.09. The van der Waals surface area contributed by atoms with E-state index in [2.05, 4.69) is 6.92 Å². The minimum Gasteiger partial charge on any atom is -0.494 e. The first kappa shape index (κ1) is 11.3. The Morgan fingerprint density at radius 3 is 2.86 bits per heavy atom. The van der Waals surface area contributed by atoms with Crippen LogP contribution in [-0.2, 0) is 0 Å². The Balaban J connectivity index is 2.95. The third-order valence-electron chi connectivity index (χ3n) is 1.90. The summed E-state index contributed by atoms with van der Waals surface area (Å²) in [6, 6.07) is 5.21. The van der Waals surface area contributed by atoms with Crippen molar-refractivity contribution in [1.29, 1.82) is 0 Å². The highest BCUT2D eigenvalue weighted by atomic mass is 35.5. The van der Waals surface area contributed by atoms with Gasteiger partial charge in [0, 0.05) is 10.9 Å². The second kappa shape index (κ2) is 5.20. The maximum absolute atomic E-state index is 12.4. The molecule has 0 aliphatic carbocycles. The van der Waals surface area contributed by atoms with Crippen molar-refractivity contribution in [1.82, 2.24) is 0 Å². The molecule has 0 fully saturated rings. The second-order valence-electron chi connectivity index (χ2n) is 2.97. The quantitative estimate of drug-likeness (QED) is 0.746. The molecular formula is C11H13ClFO. The lowest BCUT2D eigenvalue weighted by Gasteiger charge is -2.11. The fourth-order valence-corrected chi connectivity index (χ4v) is 1.45. The van der Waals surface area contributed by atoms with Crippen molar-refractivity contribution in [3.8, 4) is 5.75 Å². The molecule has 1 unspecified atom stereocenters. The first-order valence-corrected chi connectivity index (χ1v) is 4.88. The van der Waals surface area contributed by atoms with Gasteiger partial charge in [-0.15, -0.1) is 0 Å². The molecule has 0 saturated carbocycles. The minimum atomic E-state index is -0.519. The SMILES string of the molecule is [CH2]C(CF)c1cc(OCC)ccc1Cl. The highest BCUT2D eigenvalue weighted by Crippen LogP contribution is 2.28. The molecule has 3 heteroatoms. The molecule has 0 aliphatic heterocycles. The molecule has 1 aromatic rings. The third kappa shape index (κ3) is 2.61. The number of alkyl halides is 1. The van der Waals surface area contributed by atoms with E-state index in [0.29, 0.717) is 22.9 Å². The Hall–Kier alpha value is -0.760. The average Bonchev–Trinajstić information content (AvgIpc) is 2.20. The van der Waals surface area contributed by atoms with Crippen molar-refractivity contribution in [3.63, 3.8) is 0 Å². The van der Waals surface area contributed by atoms with E-state index >= 15 is 0 Å². The van der Waals surface area contributed by atoms with Gasteiger partial charge in [0.2, 0.25) is 0 Å². The van der Waals surface area contributed by atoms with Crippen LogP contribution in [0.25, 0.3) is 0 Å². The van der Waals surface area contributed by atoms with E-state index in [1.54, 1.807) is 18.2 Å². The molecule has 1 radical (unpaired) electrons. The number of hydrogen-bond donors (Lipinski definition) is 0. The zero-order chi connectivity index (χ0) is 10.6. The number of benzene rings is 1. The monoisotopic (exact) mass is 215 g/mol. The van der Waals surface area contributed by atoms with Gasteiger partial charge in [-0.2, -0.15) is 0 Å². The van der Waals surface area contributed by atoms with Gasteiger partial charge in [0.15, 0.2) is 0 Å². The summed E-state index contributed by atoms with van der Waals surface area (Å²) >= 11 is 5.91. The zero-order valence-corrected chi connectivity index (χ0v) is 8.85. The molecule has 77 valence electrons. The van der Waals surface area contributed by atoms with Crippen LogP contribution in [0.3, 0.4) is 0 Å². The van der Waals surface area contributed by atoms with Gasteiger partial charge >= 0.3 is 0 Å². The normalized spacial score (nSPS) is 12.6. The van der Waals surface area contributed by atoms with Gasteiger partial charge in [0.05, 0.1) is 13.3 Å². The molecule has 0 aromatic heterocycles. The molecule has 0 aliphatic rings. The third-order valence-corrected chi connectivity index (χ3v) is 2.25. The van der Waals surface area contributed by atoms with Crippen molar-refractivity contribution < 1.29 is 9.13 Å². The summed E-state index contributed by atoms with van der Waals surface area (Å²) in [6.45, 7) is 5.63. The van der Waals surface area contributed by atoms with Crippen LogP contribution in [0, 0.1) is 6.92 Å². The van der Waals surface area contributed by atoms with Crippen LogP contribution in [0.4, 0.5) is 4.39 Å². The highest BCUT2D eigenvalue weighted by Gasteiger charge is 2.10. The second-order valence-corrected chi connectivity index (χ2v) is 3.37. The molecule has 0 heterocycles.